The first-order valence-corrected chi connectivity index (χ1v) is 4.59. The van der Waals surface area contributed by atoms with Crippen LogP contribution < -0.4 is 123 Å². The molecule has 0 heterocycles. The summed E-state index contributed by atoms with van der Waals surface area (Å²) in [5, 5.41) is 7.00. The summed E-state index contributed by atoms with van der Waals surface area (Å²) in [6, 6.07) is 0. The van der Waals surface area contributed by atoms with Crippen LogP contribution in [0.25, 0.3) is 0 Å². The van der Waals surface area contributed by atoms with E-state index in [-0.39, 0.29) is 118 Å². The number of aliphatic hydroxyl groups excluding tert-OH is 1. The van der Waals surface area contributed by atoms with Crippen LogP contribution in [0.1, 0.15) is 26.2 Å². The van der Waals surface area contributed by atoms with Crippen molar-refractivity contribution in [2.75, 3.05) is 13.7 Å². The topological polar surface area (TPSA) is 69.6 Å². The third-order valence-electron chi connectivity index (χ3n) is 0.945. The van der Waals surface area contributed by atoms with E-state index in [9.17, 15) is 9.46 Å². The summed E-state index contributed by atoms with van der Waals surface area (Å²) in [5.74, 6) is 0. The Morgan fingerprint density at radius 3 is 1.80 bits per heavy atom. The van der Waals surface area contributed by atoms with Crippen molar-refractivity contribution < 1.29 is 137 Å². The first-order chi connectivity index (χ1) is 5.27. The Kier molecular flexibility index (Phi) is 87.7. The van der Waals surface area contributed by atoms with Crippen LogP contribution in [0.3, 0.4) is 0 Å². The Morgan fingerprint density at radius 1 is 1.13 bits per heavy atom. The van der Waals surface area contributed by atoms with Gasteiger partial charge in [-0.25, -0.2) is 0 Å². The van der Waals surface area contributed by atoms with Crippen LogP contribution in [0.4, 0.5) is 0 Å². The van der Waals surface area contributed by atoms with Gasteiger partial charge in [0.1, 0.15) is 6.61 Å². The van der Waals surface area contributed by atoms with E-state index in [0.717, 1.165) is 26.4 Å². The van der Waals surface area contributed by atoms with E-state index >= 15 is 0 Å². The van der Waals surface area contributed by atoms with Crippen LogP contribution >= 0.6 is 8.25 Å². The maximum absolute atomic E-state index is 9.78. The molecule has 68 valence electrons. The summed E-state index contributed by atoms with van der Waals surface area (Å²) < 4.78 is 14.1. The van der Waals surface area contributed by atoms with Crippen molar-refractivity contribution in [3.05, 3.63) is 0 Å². The first-order valence-electron chi connectivity index (χ1n) is 3.49. The summed E-state index contributed by atoms with van der Waals surface area (Å²) in [7, 11) is -1.62. The molecule has 1 N–H and O–H groups in total. The zero-order valence-electron chi connectivity index (χ0n) is 10.9. The maximum atomic E-state index is 9.78. The van der Waals surface area contributed by atoms with E-state index in [0.29, 0.717) is 6.61 Å². The van der Waals surface area contributed by atoms with Gasteiger partial charge in [0, 0.05) is 7.11 Å². The second kappa shape index (κ2) is 36.1. The Balaban J connectivity index is -0.0000000317. The van der Waals surface area contributed by atoms with Gasteiger partial charge in [-0.3, -0.25) is 0 Å². The van der Waals surface area contributed by atoms with Crippen LogP contribution in [0.5, 0.6) is 0 Å². The number of unbranched alkanes of at least 4 members (excludes halogenated alkanes) is 2. The molecule has 0 aliphatic carbocycles. The van der Waals surface area contributed by atoms with Gasteiger partial charge in [-0.2, -0.15) is 0 Å². The molecule has 0 aliphatic heterocycles. The Hall–Kier alpha value is 3.98. The first kappa shape index (κ1) is 36.4. The van der Waals surface area contributed by atoms with E-state index in [1.165, 1.54) is 0 Å². The van der Waals surface area contributed by atoms with Crippen LogP contribution in [0.15, 0.2) is 0 Å². The molecule has 0 fully saturated rings. The van der Waals surface area contributed by atoms with Crippen molar-refractivity contribution in [1.82, 2.24) is 0 Å². The zero-order chi connectivity index (χ0) is 9.11. The normalized spacial score (nSPS) is 7.33. The van der Waals surface area contributed by atoms with E-state index in [2.05, 4.69) is 11.4 Å². The van der Waals surface area contributed by atoms with Gasteiger partial charge in [0.15, 0.2) is 0 Å². The molecule has 0 aromatic rings. The molecule has 0 radical (unpaired) electrons. The minimum Gasteiger partial charge on any atom is -0.566 e. The van der Waals surface area contributed by atoms with Gasteiger partial charge in [0.2, 0.25) is 0 Å². The van der Waals surface area contributed by atoms with Gasteiger partial charge in [0.05, 0.1) is 0 Å². The monoisotopic (exact) mass is 274 g/mol. The quantitative estimate of drug-likeness (QED) is 0.307. The molecule has 0 spiro atoms. The standard InChI is InChI=1S/C5H11O3P.CH4O.4Na/c1-2-3-4-5-8-9(6)7;1-2;;;;/h2-5H2,1H3;2H,1H3;;;;/q;;4*+1. The van der Waals surface area contributed by atoms with Crippen molar-refractivity contribution in [2.45, 2.75) is 26.2 Å². The van der Waals surface area contributed by atoms with E-state index in [1.54, 1.807) is 0 Å². The molecule has 0 aromatic heterocycles. The largest absolute Gasteiger partial charge is 1.00 e. The number of hydrogen-bond acceptors (Lipinski definition) is 4. The average Bonchev–Trinajstić information content (AvgIpc) is 2.02. The van der Waals surface area contributed by atoms with Gasteiger partial charge < -0.3 is 10.00 Å². The third-order valence-corrected chi connectivity index (χ3v) is 1.34. The molecule has 0 aliphatic rings. The Morgan fingerprint density at radius 2 is 1.53 bits per heavy atom. The fourth-order valence-corrected chi connectivity index (χ4v) is 0.769. The predicted octanol–water partition coefficient (Wildman–Crippen LogP) is -11.2. The molecule has 0 rings (SSSR count). The number of rotatable bonds is 5. The summed E-state index contributed by atoms with van der Waals surface area (Å²) in [6.45, 7) is 2.39. The minimum atomic E-state index is -2.62. The Bertz CT molecular complexity index is 99.2. The molecular formula is C6H15Na4O4P+4. The minimum absolute atomic E-state index is 0. The van der Waals surface area contributed by atoms with Crippen molar-refractivity contribution in [1.29, 1.82) is 0 Å². The van der Waals surface area contributed by atoms with Crippen molar-refractivity contribution >= 4 is 8.25 Å². The SMILES string of the molecule is CCCCCO[P+](=O)[O-].CO.[Na+].[Na+].[Na+].[Na+]. The van der Waals surface area contributed by atoms with Gasteiger partial charge in [-0.05, 0) is 11.0 Å². The molecule has 0 amide bonds. The number of aliphatic hydroxyl groups is 1. The average molecular weight is 274 g/mol. The molecular weight excluding hydrogens is 259 g/mol. The zero-order valence-corrected chi connectivity index (χ0v) is 19.8. The number of hydrogen-bond donors (Lipinski definition) is 1. The molecule has 0 saturated heterocycles. The van der Waals surface area contributed by atoms with Gasteiger partial charge in [-0.1, -0.05) is 19.8 Å². The molecule has 1 unspecified atom stereocenters. The fourth-order valence-electron chi connectivity index (χ4n) is 0.491. The fraction of sp³-hybridized carbons (Fsp3) is 1.00. The summed E-state index contributed by atoms with van der Waals surface area (Å²) in [4.78, 5) is 9.78. The second-order valence-electron chi connectivity index (χ2n) is 1.76. The van der Waals surface area contributed by atoms with Crippen LogP contribution in [0.2, 0.25) is 0 Å². The molecule has 4 nitrogen and oxygen atoms in total. The molecule has 0 aromatic carbocycles. The van der Waals surface area contributed by atoms with Crippen molar-refractivity contribution in [2.24, 2.45) is 0 Å². The van der Waals surface area contributed by atoms with Crippen molar-refractivity contribution in [3.8, 4) is 0 Å². The van der Waals surface area contributed by atoms with Crippen LogP contribution in [-0.2, 0) is 9.09 Å². The van der Waals surface area contributed by atoms with Gasteiger partial charge in [0.25, 0.3) is 0 Å². The molecule has 9 heteroatoms. The molecule has 1 atom stereocenters. The third kappa shape index (κ3) is 46.1. The van der Waals surface area contributed by atoms with Gasteiger partial charge in [-0.15, -0.1) is 4.52 Å². The van der Waals surface area contributed by atoms with E-state index in [4.69, 9.17) is 5.11 Å². The Labute approximate surface area is 182 Å². The summed E-state index contributed by atoms with van der Waals surface area (Å²) in [6.07, 6.45) is 2.95. The smallest absolute Gasteiger partial charge is 0.566 e. The maximum Gasteiger partial charge on any atom is 1.00 e. The van der Waals surface area contributed by atoms with E-state index in [1.807, 2.05) is 0 Å². The summed E-state index contributed by atoms with van der Waals surface area (Å²) >= 11 is 0. The molecule has 0 saturated carbocycles. The van der Waals surface area contributed by atoms with Crippen LogP contribution in [0, 0.1) is 0 Å². The summed E-state index contributed by atoms with van der Waals surface area (Å²) in [5.41, 5.74) is 0. The second-order valence-corrected chi connectivity index (χ2v) is 2.47. The van der Waals surface area contributed by atoms with Gasteiger partial charge >= 0.3 is 126 Å². The predicted molar refractivity (Wildman–Crippen MR) is 41.2 cm³/mol. The van der Waals surface area contributed by atoms with Crippen LogP contribution in [-0.4, -0.2) is 18.8 Å². The molecule has 15 heavy (non-hydrogen) atoms. The van der Waals surface area contributed by atoms with Crippen molar-refractivity contribution in [3.63, 3.8) is 0 Å². The molecule has 0 bridgehead atoms. The van der Waals surface area contributed by atoms with E-state index < -0.39 is 8.25 Å².